The molecule has 2 fully saturated rings. The third kappa shape index (κ3) is 3.35. The maximum Gasteiger partial charge on any atom is 0.225 e. The second-order valence-corrected chi connectivity index (χ2v) is 6.22. The summed E-state index contributed by atoms with van der Waals surface area (Å²) in [7, 11) is 0. The number of aromatic nitrogens is 2. The molecule has 1 saturated heterocycles. The Morgan fingerprint density at radius 3 is 2.86 bits per heavy atom. The summed E-state index contributed by atoms with van der Waals surface area (Å²) >= 11 is 0. The molecule has 5 heteroatoms. The molecule has 3 atom stereocenters. The zero-order valence-electron chi connectivity index (χ0n) is 12.9. The van der Waals surface area contributed by atoms with Gasteiger partial charge in [-0.1, -0.05) is 19.8 Å². The summed E-state index contributed by atoms with van der Waals surface area (Å²) in [6.07, 6.45) is 11.0. The van der Waals surface area contributed by atoms with Crippen LogP contribution in [0.2, 0.25) is 0 Å². The zero-order valence-corrected chi connectivity index (χ0v) is 12.9. The van der Waals surface area contributed by atoms with Gasteiger partial charge in [0.1, 0.15) is 0 Å². The second-order valence-electron chi connectivity index (χ2n) is 6.22. The van der Waals surface area contributed by atoms with Gasteiger partial charge in [0, 0.05) is 25.0 Å². The Bertz CT molecular complexity index is 448. The van der Waals surface area contributed by atoms with Crippen molar-refractivity contribution in [3.05, 3.63) is 18.0 Å². The molecule has 1 aliphatic heterocycles. The first-order valence-electron chi connectivity index (χ1n) is 8.22. The Morgan fingerprint density at radius 1 is 1.33 bits per heavy atom. The van der Waals surface area contributed by atoms with Crippen LogP contribution in [-0.2, 0) is 11.2 Å². The van der Waals surface area contributed by atoms with E-state index in [9.17, 15) is 0 Å². The largest absolute Gasteiger partial charge is 0.374 e. The van der Waals surface area contributed by atoms with Crippen LogP contribution in [0.4, 0.5) is 5.95 Å². The van der Waals surface area contributed by atoms with E-state index in [2.05, 4.69) is 21.8 Å². The summed E-state index contributed by atoms with van der Waals surface area (Å²) in [5, 5.41) is 0. The van der Waals surface area contributed by atoms with Crippen molar-refractivity contribution in [2.45, 2.75) is 63.6 Å². The molecule has 3 unspecified atom stereocenters. The fourth-order valence-electron chi connectivity index (χ4n) is 3.39. The lowest BCUT2D eigenvalue weighted by Crippen LogP contribution is -2.53. The molecule has 0 bridgehead atoms. The number of hydrogen-bond donors (Lipinski definition) is 1. The van der Waals surface area contributed by atoms with E-state index in [0.29, 0.717) is 12.1 Å². The van der Waals surface area contributed by atoms with E-state index in [4.69, 9.17) is 10.5 Å². The Labute approximate surface area is 126 Å². The lowest BCUT2D eigenvalue weighted by atomic mass is 9.90. The number of nitrogens with zero attached hydrogens (tertiary/aromatic N) is 3. The fourth-order valence-corrected chi connectivity index (χ4v) is 3.39. The smallest absolute Gasteiger partial charge is 0.225 e. The fraction of sp³-hybridized carbons (Fsp3) is 0.750. The molecule has 0 amide bonds. The van der Waals surface area contributed by atoms with Gasteiger partial charge in [-0.2, -0.15) is 0 Å². The predicted molar refractivity (Wildman–Crippen MR) is 83.3 cm³/mol. The van der Waals surface area contributed by atoms with Gasteiger partial charge in [-0.3, -0.25) is 0 Å². The van der Waals surface area contributed by atoms with Gasteiger partial charge in [-0.25, -0.2) is 9.97 Å². The average Bonchev–Trinajstić information content (AvgIpc) is 2.55. The third-order valence-corrected chi connectivity index (χ3v) is 4.70. The molecule has 1 aromatic rings. The Balaban J connectivity index is 1.70. The quantitative estimate of drug-likeness (QED) is 0.917. The van der Waals surface area contributed by atoms with E-state index in [1.807, 2.05) is 12.4 Å². The molecular formula is C16H26N4O. The van der Waals surface area contributed by atoms with Gasteiger partial charge in [0.2, 0.25) is 5.95 Å². The molecule has 5 nitrogen and oxygen atoms in total. The Kier molecular flexibility index (Phi) is 4.70. The highest BCUT2D eigenvalue weighted by Gasteiger charge is 2.35. The summed E-state index contributed by atoms with van der Waals surface area (Å²) < 4.78 is 5.91. The molecule has 3 rings (SSSR count). The van der Waals surface area contributed by atoms with Crippen LogP contribution < -0.4 is 10.6 Å². The molecule has 2 aliphatic rings. The van der Waals surface area contributed by atoms with Crippen LogP contribution >= 0.6 is 0 Å². The van der Waals surface area contributed by atoms with Gasteiger partial charge in [-0.05, 0) is 31.2 Å². The molecule has 0 aromatic carbocycles. The maximum atomic E-state index is 5.99. The number of hydrogen-bond acceptors (Lipinski definition) is 5. The van der Waals surface area contributed by atoms with Crippen LogP contribution in [0, 0.1) is 0 Å². The minimum absolute atomic E-state index is 0.200. The van der Waals surface area contributed by atoms with Crippen molar-refractivity contribution in [2.75, 3.05) is 18.1 Å². The van der Waals surface area contributed by atoms with Gasteiger partial charge in [0.05, 0.1) is 18.8 Å². The van der Waals surface area contributed by atoms with Crippen LogP contribution in [0.1, 0.15) is 44.6 Å². The molecule has 21 heavy (non-hydrogen) atoms. The minimum atomic E-state index is 0.200. The van der Waals surface area contributed by atoms with Crippen molar-refractivity contribution in [3.8, 4) is 0 Å². The number of fused-ring (bicyclic) bond motifs is 1. The molecule has 1 aliphatic carbocycles. The van der Waals surface area contributed by atoms with Crippen molar-refractivity contribution >= 4 is 5.95 Å². The summed E-state index contributed by atoms with van der Waals surface area (Å²) in [5.74, 6) is 0.851. The standard InChI is InChI=1S/C16H26N4O/c1-2-13(17)9-12-10-18-16(19-11-12)20-7-8-21-15-6-4-3-5-14(15)20/h10-11,13-15H,2-9,17H2,1H3. The topological polar surface area (TPSA) is 64.3 Å². The number of morpholine rings is 1. The van der Waals surface area contributed by atoms with Gasteiger partial charge in [0.25, 0.3) is 0 Å². The first-order chi connectivity index (χ1) is 10.3. The number of ether oxygens (including phenoxy) is 1. The first-order valence-corrected chi connectivity index (χ1v) is 8.22. The maximum absolute atomic E-state index is 5.99. The van der Waals surface area contributed by atoms with Crippen LogP contribution in [0.5, 0.6) is 0 Å². The summed E-state index contributed by atoms with van der Waals surface area (Å²) in [5.41, 5.74) is 7.12. The van der Waals surface area contributed by atoms with Crippen molar-refractivity contribution in [2.24, 2.45) is 5.73 Å². The molecule has 0 spiro atoms. The van der Waals surface area contributed by atoms with Crippen molar-refractivity contribution < 1.29 is 4.74 Å². The van der Waals surface area contributed by atoms with Gasteiger partial charge in [-0.15, -0.1) is 0 Å². The molecule has 1 aromatic heterocycles. The van der Waals surface area contributed by atoms with Crippen LogP contribution in [0.15, 0.2) is 12.4 Å². The van der Waals surface area contributed by atoms with Gasteiger partial charge >= 0.3 is 0 Å². The highest BCUT2D eigenvalue weighted by molar-refractivity contribution is 5.33. The number of rotatable bonds is 4. The van der Waals surface area contributed by atoms with E-state index in [1.54, 1.807) is 0 Å². The van der Waals surface area contributed by atoms with Crippen molar-refractivity contribution in [1.82, 2.24) is 9.97 Å². The van der Waals surface area contributed by atoms with Crippen LogP contribution in [0.25, 0.3) is 0 Å². The lowest BCUT2D eigenvalue weighted by molar-refractivity contribution is -0.00932. The van der Waals surface area contributed by atoms with E-state index in [1.165, 1.54) is 25.7 Å². The van der Waals surface area contributed by atoms with Crippen LogP contribution in [0.3, 0.4) is 0 Å². The van der Waals surface area contributed by atoms with E-state index in [-0.39, 0.29) is 6.04 Å². The van der Waals surface area contributed by atoms with E-state index >= 15 is 0 Å². The molecule has 116 valence electrons. The number of anilines is 1. The Hall–Kier alpha value is -1.20. The molecule has 2 heterocycles. The van der Waals surface area contributed by atoms with Crippen LogP contribution in [-0.4, -0.2) is 41.3 Å². The molecule has 2 N–H and O–H groups in total. The van der Waals surface area contributed by atoms with Gasteiger partial charge < -0.3 is 15.4 Å². The Morgan fingerprint density at radius 2 is 2.10 bits per heavy atom. The minimum Gasteiger partial charge on any atom is -0.374 e. The SMILES string of the molecule is CCC(N)Cc1cnc(N2CCOC3CCCCC32)nc1. The van der Waals surface area contributed by atoms with Crippen molar-refractivity contribution in [1.29, 1.82) is 0 Å². The van der Waals surface area contributed by atoms with E-state index < -0.39 is 0 Å². The lowest BCUT2D eigenvalue weighted by Gasteiger charge is -2.43. The summed E-state index contributed by atoms with van der Waals surface area (Å²) in [4.78, 5) is 11.5. The predicted octanol–water partition coefficient (Wildman–Crippen LogP) is 1.90. The van der Waals surface area contributed by atoms with E-state index in [0.717, 1.165) is 37.5 Å². The normalized spacial score (nSPS) is 27.2. The molecule has 0 radical (unpaired) electrons. The summed E-state index contributed by atoms with van der Waals surface area (Å²) in [6, 6.07) is 0.654. The molecule has 1 saturated carbocycles. The highest BCUT2D eigenvalue weighted by atomic mass is 16.5. The number of nitrogens with two attached hydrogens (primary N) is 1. The molecular weight excluding hydrogens is 264 g/mol. The average molecular weight is 290 g/mol. The monoisotopic (exact) mass is 290 g/mol. The zero-order chi connectivity index (χ0) is 14.7. The van der Waals surface area contributed by atoms with Crippen molar-refractivity contribution in [3.63, 3.8) is 0 Å². The van der Waals surface area contributed by atoms with Gasteiger partial charge in [0.15, 0.2) is 0 Å². The second kappa shape index (κ2) is 6.71. The third-order valence-electron chi connectivity index (χ3n) is 4.70. The highest BCUT2D eigenvalue weighted by Crippen LogP contribution is 2.30. The summed E-state index contributed by atoms with van der Waals surface area (Å²) in [6.45, 7) is 3.79. The first kappa shape index (κ1) is 14.7.